The van der Waals surface area contributed by atoms with Crippen LogP contribution in [0.4, 0.5) is 0 Å². The SMILES string of the molecule is Cc1ccc(C)c(OCCN2CCNCC2C(N)=O)c1. The summed E-state index contributed by atoms with van der Waals surface area (Å²) in [5.41, 5.74) is 7.73. The molecule has 0 aromatic heterocycles. The predicted molar refractivity (Wildman–Crippen MR) is 78.8 cm³/mol. The average molecular weight is 277 g/mol. The van der Waals surface area contributed by atoms with E-state index in [-0.39, 0.29) is 11.9 Å². The van der Waals surface area contributed by atoms with E-state index in [0.29, 0.717) is 19.7 Å². The molecule has 0 aliphatic carbocycles. The van der Waals surface area contributed by atoms with Crippen LogP contribution in [0.15, 0.2) is 18.2 Å². The number of carbonyl (C=O) groups is 1. The van der Waals surface area contributed by atoms with E-state index in [0.717, 1.165) is 24.4 Å². The van der Waals surface area contributed by atoms with Crippen LogP contribution in [0.1, 0.15) is 11.1 Å². The molecule has 110 valence electrons. The number of hydrogen-bond donors (Lipinski definition) is 2. The van der Waals surface area contributed by atoms with E-state index in [1.807, 2.05) is 19.9 Å². The first kappa shape index (κ1) is 14.8. The molecule has 1 unspecified atom stereocenters. The maximum atomic E-state index is 11.4. The van der Waals surface area contributed by atoms with Crippen LogP contribution in [0.25, 0.3) is 0 Å². The fourth-order valence-corrected chi connectivity index (χ4v) is 2.43. The van der Waals surface area contributed by atoms with Crippen molar-refractivity contribution in [3.05, 3.63) is 29.3 Å². The standard InChI is InChI=1S/C15H23N3O2/c1-11-3-4-12(2)14(9-11)20-8-7-18-6-5-17-10-13(18)15(16)19/h3-4,9,13,17H,5-8,10H2,1-2H3,(H2,16,19). The van der Waals surface area contributed by atoms with Gasteiger partial charge < -0.3 is 15.8 Å². The lowest BCUT2D eigenvalue weighted by Gasteiger charge is -2.33. The quantitative estimate of drug-likeness (QED) is 0.819. The largest absolute Gasteiger partial charge is 0.492 e. The molecule has 5 heteroatoms. The van der Waals surface area contributed by atoms with E-state index in [1.165, 1.54) is 5.56 Å². The smallest absolute Gasteiger partial charge is 0.236 e. The molecule has 1 amide bonds. The Labute approximate surface area is 120 Å². The summed E-state index contributed by atoms with van der Waals surface area (Å²) in [6.45, 7) is 7.68. The summed E-state index contributed by atoms with van der Waals surface area (Å²) in [4.78, 5) is 13.5. The topological polar surface area (TPSA) is 67.6 Å². The molecule has 20 heavy (non-hydrogen) atoms. The summed E-state index contributed by atoms with van der Waals surface area (Å²) < 4.78 is 5.83. The van der Waals surface area contributed by atoms with Gasteiger partial charge in [0.2, 0.25) is 5.91 Å². The average Bonchev–Trinajstić information content (AvgIpc) is 2.43. The van der Waals surface area contributed by atoms with Gasteiger partial charge in [-0.05, 0) is 31.0 Å². The van der Waals surface area contributed by atoms with E-state index in [9.17, 15) is 4.79 Å². The molecule has 1 aliphatic rings. The van der Waals surface area contributed by atoms with Gasteiger partial charge in [-0.3, -0.25) is 9.69 Å². The number of ether oxygens (including phenoxy) is 1. The summed E-state index contributed by atoms with van der Waals surface area (Å²) in [5.74, 6) is 0.639. The highest BCUT2D eigenvalue weighted by Gasteiger charge is 2.26. The third-order valence-corrected chi connectivity index (χ3v) is 3.66. The molecule has 5 nitrogen and oxygen atoms in total. The summed E-state index contributed by atoms with van der Waals surface area (Å²) in [5, 5.41) is 3.19. The summed E-state index contributed by atoms with van der Waals surface area (Å²) in [6.07, 6.45) is 0. The van der Waals surface area contributed by atoms with E-state index >= 15 is 0 Å². The second kappa shape index (κ2) is 6.72. The van der Waals surface area contributed by atoms with Gasteiger partial charge in [0.15, 0.2) is 0 Å². The summed E-state index contributed by atoms with van der Waals surface area (Å²) in [6, 6.07) is 5.94. The Morgan fingerprint density at radius 3 is 3.05 bits per heavy atom. The van der Waals surface area contributed by atoms with Gasteiger partial charge in [-0.1, -0.05) is 12.1 Å². The molecule has 0 bridgehead atoms. The lowest BCUT2D eigenvalue weighted by molar-refractivity contribution is -0.123. The summed E-state index contributed by atoms with van der Waals surface area (Å²) >= 11 is 0. The highest BCUT2D eigenvalue weighted by Crippen LogP contribution is 2.19. The number of nitrogens with zero attached hydrogens (tertiary/aromatic N) is 1. The molecule has 1 saturated heterocycles. The Bertz CT molecular complexity index is 476. The zero-order valence-corrected chi connectivity index (χ0v) is 12.2. The van der Waals surface area contributed by atoms with E-state index in [4.69, 9.17) is 10.5 Å². The maximum Gasteiger partial charge on any atom is 0.236 e. The third-order valence-electron chi connectivity index (χ3n) is 3.66. The van der Waals surface area contributed by atoms with Gasteiger partial charge in [-0.2, -0.15) is 0 Å². The third kappa shape index (κ3) is 3.71. The molecule has 1 heterocycles. The molecule has 1 aromatic carbocycles. The normalized spacial score (nSPS) is 19.8. The second-order valence-electron chi connectivity index (χ2n) is 5.28. The van der Waals surface area contributed by atoms with Crippen LogP contribution in [0.5, 0.6) is 5.75 Å². The Balaban J connectivity index is 1.88. The van der Waals surface area contributed by atoms with Crippen LogP contribution < -0.4 is 15.8 Å². The van der Waals surface area contributed by atoms with Crippen molar-refractivity contribution < 1.29 is 9.53 Å². The lowest BCUT2D eigenvalue weighted by Crippen LogP contribution is -2.57. The van der Waals surface area contributed by atoms with Gasteiger partial charge in [0.1, 0.15) is 18.4 Å². The Morgan fingerprint density at radius 2 is 2.30 bits per heavy atom. The number of amides is 1. The fourth-order valence-electron chi connectivity index (χ4n) is 2.43. The molecular weight excluding hydrogens is 254 g/mol. The van der Waals surface area contributed by atoms with E-state index < -0.39 is 0 Å². The maximum absolute atomic E-state index is 11.4. The van der Waals surface area contributed by atoms with Gasteiger partial charge >= 0.3 is 0 Å². The highest BCUT2D eigenvalue weighted by atomic mass is 16.5. The minimum Gasteiger partial charge on any atom is -0.492 e. The van der Waals surface area contributed by atoms with Crippen molar-refractivity contribution >= 4 is 5.91 Å². The van der Waals surface area contributed by atoms with Crippen LogP contribution in [-0.4, -0.2) is 49.6 Å². The van der Waals surface area contributed by atoms with Crippen molar-refractivity contribution in [1.29, 1.82) is 0 Å². The van der Waals surface area contributed by atoms with Crippen LogP contribution in [0.2, 0.25) is 0 Å². The molecule has 1 aliphatic heterocycles. The molecule has 0 radical (unpaired) electrons. The first-order chi connectivity index (χ1) is 9.58. The van der Waals surface area contributed by atoms with E-state index in [1.54, 1.807) is 0 Å². The van der Waals surface area contributed by atoms with Crippen molar-refractivity contribution in [3.8, 4) is 5.75 Å². The van der Waals surface area contributed by atoms with Crippen LogP contribution in [0, 0.1) is 13.8 Å². The number of piperazine rings is 1. The molecule has 3 N–H and O–H groups in total. The number of nitrogens with two attached hydrogens (primary N) is 1. The van der Waals surface area contributed by atoms with Crippen LogP contribution in [0.3, 0.4) is 0 Å². The minimum atomic E-state index is -0.274. The zero-order chi connectivity index (χ0) is 14.5. The van der Waals surface area contributed by atoms with Crippen LogP contribution in [-0.2, 0) is 4.79 Å². The molecule has 1 aromatic rings. The van der Waals surface area contributed by atoms with Gasteiger partial charge in [0.05, 0.1) is 0 Å². The Hall–Kier alpha value is -1.59. The fraction of sp³-hybridized carbons (Fsp3) is 0.533. The first-order valence-corrected chi connectivity index (χ1v) is 7.02. The molecule has 1 fully saturated rings. The zero-order valence-electron chi connectivity index (χ0n) is 12.2. The van der Waals surface area contributed by atoms with Gasteiger partial charge in [-0.25, -0.2) is 0 Å². The molecule has 0 saturated carbocycles. The molecule has 1 atom stereocenters. The monoisotopic (exact) mass is 277 g/mol. The van der Waals surface area contributed by atoms with Gasteiger partial charge in [-0.15, -0.1) is 0 Å². The number of nitrogens with one attached hydrogen (secondary N) is 1. The molecule has 2 rings (SSSR count). The van der Waals surface area contributed by atoms with Crippen molar-refractivity contribution in [1.82, 2.24) is 10.2 Å². The van der Waals surface area contributed by atoms with E-state index in [2.05, 4.69) is 22.3 Å². The predicted octanol–water partition coefficient (Wildman–Crippen LogP) is 0.441. The Kier molecular flexibility index (Phi) is 4.98. The van der Waals surface area contributed by atoms with Crippen molar-refractivity contribution in [2.24, 2.45) is 5.73 Å². The number of aryl methyl sites for hydroxylation is 2. The van der Waals surface area contributed by atoms with Gasteiger partial charge in [0.25, 0.3) is 0 Å². The first-order valence-electron chi connectivity index (χ1n) is 7.02. The molecule has 0 spiro atoms. The van der Waals surface area contributed by atoms with Gasteiger partial charge in [0, 0.05) is 26.2 Å². The second-order valence-corrected chi connectivity index (χ2v) is 5.28. The minimum absolute atomic E-state index is 0.231. The molecular formula is C15H23N3O2. The number of benzene rings is 1. The number of rotatable bonds is 5. The summed E-state index contributed by atoms with van der Waals surface area (Å²) in [7, 11) is 0. The lowest BCUT2D eigenvalue weighted by atomic mass is 10.1. The van der Waals surface area contributed by atoms with Crippen molar-refractivity contribution in [3.63, 3.8) is 0 Å². The van der Waals surface area contributed by atoms with Crippen molar-refractivity contribution in [2.45, 2.75) is 19.9 Å². The van der Waals surface area contributed by atoms with Crippen LogP contribution >= 0.6 is 0 Å². The number of hydrogen-bond acceptors (Lipinski definition) is 4. The number of primary amides is 1. The highest BCUT2D eigenvalue weighted by molar-refractivity contribution is 5.80. The Morgan fingerprint density at radius 1 is 1.50 bits per heavy atom. The number of carbonyl (C=O) groups excluding carboxylic acids is 1. The van der Waals surface area contributed by atoms with Crippen molar-refractivity contribution in [2.75, 3.05) is 32.8 Å².